The number of hydrogen-bond donors (Lipinski definition) is 1. The van der Waals surface area contributed by atoms with Gasteiger partial charge in [-0.05, 0) is 25.0 Å². The molecule has 1 fully saturated rings. The van der Waals surface area contributed by atoms with Gasteiger partial charge < -0.3 is 19.3 Å². The zero-order chi connectivity index (χ0) is 15.1. The van der Waals surface area contributed by atoms with Crippen molar-refractivity contribution in [2.24, 2.45) is 0 Å². The maximum Gasteiger partial charge on any atom is 0.358 e. The van der Waals surface area contributed by atoms with Gasteiger partial charge in [-0.1, -0.05) is 5.21 Å². The Bertz CT molecular complexity index is 736. The highest BCUT2D eigenvalue weighted by molar-refractivity contribution is 5.86. The molecule has 0 spiro atoms. The highest BCUT2D eigenvalue weighted by Crippen LogP contribution is 2.36. The molecule has 1 aromatic carbocycles. The smallest absolute Gasteiger partial charge is 0.358 e. The lowest BCUT2D eigenvalue weighted by atomic mass is 10.1. The summed E-state index contributed by atoms with van der Waals surface area (Å²) in [4.78, 5) is 11.4. The van der Waals surface area contributed by atoms with Gasteiger partial charge >= 0.3 is 5.97 Å². The summed E-state index contributed by atoms with van der Waals surface area (Å²) in [5.74, 6) is 0.140. The predicted molar refractivity (Wildman–Crippen MR) is 72.4 cm³/mol. The largest absolute Gasteiger partial charge is 0.476 e. The van der Waals surface area contributed by atoms with Crippen LogP contribution in [0.25, 0.3) is 5.69 Å². The SMILES string of the molecule is O=C(O)c1nnn(-c2ccc3c(c2)OCO3)c1C1CCCO1. The summed E-state index contributed by atoms with van der Waals surface area (Å²) in [6.45, 7) is 0.783. The van der Waals surface area contributed by atoms with E-state index in [2.05, 4.69) is 10.3 Å². The molecule has 1 atom stereocenters. The summed E-state index contributed by atoms with van der Waals surface area (Å²) in [5.41, 5.74) is 1.04. The lowest BCUT2D eigenvalue weighted by Crippen LogP contribution is -2.11. The molecule has 0 aliphatic carbocycles. The van der Waals surface area contributed by atoms with Crippen molar-refractivity contribution < 1.29 is 24.1 Å². The van der Waals surface area contributed by atoms with Crippen molar-refractivity contribution in [1.29, 1.82) is 0 Å². The molecule has 1 N–H and O–H groups in total. The molecule has 8 nitrogen and oxygen atoms in total. The van der Waals surface area contributed by atoms with Gasteiger partial charge in [0.2, 0.25) is 6.79 Å². The van der Waals surface area contributed by atoms with Crippen LogP contribution < -0.4 is 9.47 Å². The second kappa shape index (κ2) is 4.99. The van der Waals surface area contributed by atoms with Gasteiger partial charge in [-0.2, -0.15) is 0 Å². The number of carbonyl (C=O) groups is 1. The van der Waals surface area contributed by atoms with Crippen molar-refractivity contribution in [3.05, 3.63) is 29.6 Å². The molecule has 2 aromatic rings. The van der Waals surface area contributed by atoms with Gasteiger partial charge in [-0.25, -0.2) is 9.48 Å². The van der Waals surface area contributed by atoms with Gasteiger partial charge in [-0.15, -0.1) is 5.10 Å². The fraction of sp³-hybridized carbons (Fsp3) is 0.357. The van der Waals surface area contributed by atoms with Crippen molar-refractivity contribution in [3.63, 3.8) is 0 Å². The summed E-state index contributed by atoms with van der Waals surface area (Å²) >= 11 is 0. The van der Waals surface area contributed by atoms with Crippen LogP contribution in [-0.4, -0.2) is 39.5 Å². The number of hydrogen-bond acceptors (Lipinski definition) is 6. The molecule has 4 rings (SSSR count). The van der Waals surface area contributed by atoms with E-state index < -0.39 is 5.97 Å². The average molecular weight is 303 g/mol. The van der Waals surface area contributed by atoms with Gasteiger partial charge in [0.05, 0.1) is 5.69 Å². The van der Waals surface area contributed by atoms with Crippen molar-refractivity contribution in [1.82, 2.24) is 15.0 Å². The predicted octanol–water partition coefficient (Wildman–Crippen LogP) is 1.55. The molecule has 2 aliphatic rings. The Morgan fingerprint density at radius 3 is 2.95 bits per heavy atom. The van der Waals surface area contributed by atoms with Crippen LogP contribution in [0.15, 0.2) is 18.2 Å². The highest BCUT2D eigenvalue weighted by atomic mass is 16.7. The summed E-state index contributed by atoms with van der Waals surface area (Å²) in [7, 11) is 0. The lowest BCUT2D eigenvalue weighted by Gasteiger charge is -2.13. The third kappa shape index (κ3) is 2.00. The third-order valence-electron chi connectivity index (χ3n) is 3.74. The maximum atomic E-state index is 11.4. The molecule has 22 heavy (non-hydrogen) atoms. The molecule has 3 heterocycles. The van der Waals surface area contributed by atoms with Crippen LogP contribution in [0.3, 0.4) is 0 Å². The van der Waals surface area contributed by atoms with E-state index >= 15 is 0 Å². The second-order valence-electron chi connectivity index (χ2n) is 5.08. The first kappa shape index (κ1) is 13.1. The summed E-state index contributed by atoms with van der Waals surface area (Å²) in [6.07, 6.45) is 1.32. The minimum absolute atomic E-state index is 0.0791. The van der Waals surface area contributed by atoms with Gasteiger partial charge in [0.1, 0.15) is 11.8 Å². The maximum absolute atomic E-state index is 11.4. The number of benzene rings is 1. The van der Waals surface area contributed by atoms with E-state index in [1.54, 1.807) is 18.2 Å². The lowest BCUT2D eigenvalue weighted by molar-refractivity contribution is 0.0673. The Labute approximate surface area is 125 Å². The van der Waals surface area contributed by atoms with Gasteiger partial charge in [0, 0.05) is 12.7 Å². The third-order valence-corrected chi connectivity index (χ3v) is 3.74. The number of aromatic carboxylic acids is 1. The van der Waals surface area contributed by atoms with Crippen molar-refractivity contribution in [2.45, 2.75) is 18.9 Å². The number of fused-ring (bicyclic) bond motifs is 1. The number of rotatable bonds is 3. The zero-order valence-electron chi connectivity index (χ0n) is 11.6. The summed E-state index contributed by atoms with van der Waals surface area (Å²) in [5, 5.41) is 17.1. The molecule has 0 amide bonds. The Hall–Kier alpha value is -2.61. The van der Waals surface area contributed by atoms with E-state index in [0.717, 1.165) is 12.8 Å². The Morgan fingerprint density at radius 2 is 2.18 bits per heavy atom. The fourth-order valence-corrected chi connectivity index (χ4v) is 2.73. The Morgan fingerprint density at radius 1 is 1.32 bits per heavy atom. The molecule has 114 valence electrons. The zero-order valence-corrected chi connectivity index (χ0v) is 11.6. The van der Waals surface area contributed by atoms with Crippen LogP contribution >= 0.6 is 0 Å². The monoisotopic (exact) mass is 303 g/mol. The molecule has 0 radical (unpaired) electrons. The fourth-order valence-electron chi connectivity index (χ4n) is 2.73. The summed E-state index contributed by atoms with van der Waals surface area (Å²) < 4.78 is 17.7. The molecule has 1 unspecified atom stereocenters. The highest BCUT2D eigenvalue weighted by Gasteiger charge is 2.30. The van der Waals surface area contributed by atoms with E-state index in [1.165, 1.54) is 4.68 Å². The van der Waals surface area contributed by atoms with E-state index in [1.807, 2.05) is 0 Å². The van der Waals surface area contributed by atoms with Crippen molar-refractivity contribution in [2.75, 3.05) is 13.4 Å². The summed E-state index contributed by atoms with van der Waals surface area (Å²) in [6, 6.07) is 5.30. The van der Waals surface area contributed by atoms with Gasteiger partial charge in [0.15, 0.2) is 17.2 Å². The quantitative estimate of drug-likeness (QED) is 0.918. The molecular weight excluding hydrogens is 290 g/mol. The number of aromatic nitrogens is 3. The number of ether oxygens (including phenoxy) is 3. The minimum atomic E-state index is -1.11. The first-order chi connectivity index (χ1) is 10.7. The number of carboxylic acid groups (broad SMARTS) is 1. The molecule has 0 bridgehead atoms. The topological polar surface area (TPSA) is 95.7 Å². The van der Waals surface area contributed by atoms with Crippen LogP contribution in [0.4, 0.5) is 0 Å². The Balaban J connectivity index is 1.82. The molecular formula is C14H13N3O5. The van der Waals surface area contributed by atoms with Crippen LogP contribution in [0.5, 0.6) is 11.5 Å². The normalized spacial score (nSPS) is 19.5. The van der Waals surface area contributed by atoms with Crippen LogP contribution in [0.2, 0.25) is 0 Å². The van der Waals surface area contributed by atoms with Crippen molar-refractivity contribution in [3.8, 4) is 17.2 Å². The van der Waals surface area contributed by atoms with E-state index in [-0.39, 0.29) is 18.6 Å². The first-order valence-corrected chi connectivity index (χ1v) is 6.94. The van der Waals surface area contributed by atoms with Gasteiger partial charge in [0.25, 0.3) is 0 Å². The van der Waals surface area contributed by atoms with Gasteiger partial charge in [-0.3, -0.25) is 0 Å². The van der Waals surface area contributed by atoms with Crippen LogP contribution in [-0.2, 0) is 4.74 Å². The molecule has 8 heteroatoms. The number of carboxylic acids is 1. The van der Waals surface area contributed by atoms with E-state index in [9.17, 15) is 9.90 Å². The standard InChI is InChI=1S/C14H13N3O5/c18-14(19)12-13(10-2-1-5-20-10)17(16-15-12)8-3-4-9-11(6-8)22-7-21-9/h3-4,6,10H,1-2,5,7H2,(H,18,19). The second-order valence-corrected chi connectivity index (χ2v) is 5.08. The molecule has 1 saturated heterocycles. The first-order valence-electron chi connectivity index (χ1n) is 6.94. The van der Waals surface area contributed by atoms with Crippen molar-refractivity contribution >= 4 is 5.97 Å². The van der Waals surface area contributed by atoms with E-state index in [0.29, 0.717) is 29.5 Å². The minimum Gasteiger partial charge on any atom is -0.476 e. The van der Waals surface area contributed by atoms with E-state index in [4.69, 9.17) is 14.2 Å². The number of nitrogens with zero attached hydrogens (tertiary/aromatic N) is 3. The van der Waals surface area contributed by atoms with Crippen LogP contribution in [0, 0.1) is 0 Å². The van der Waals surface area contributed by atoms with Crippen LogP contribution in [0.1, 0.15) is 35.1 Å². The molecule has 2 aliphatic heterocycles. The Kier molecular flexibility index (Phi) is 2.97. The molecule has 0 saturated carbocycles. The molecule has 1 aromatic heterocycles. The average Bonchev–Trinajstić information content (AvgIpc) is 3.25.